The molecule has 0 saturated heterocycles. The Hall–Kier alpha value is -1.66. The molecule has 294 valence electrons. The van der Waals surface area contributed by atoms with E-state index in [1.807, 2.05) is 6.08 Å². The van der Waals surface area contributed by atoms with Gasteiger partial charge >= 0.3 is 5.97 Å². The van der Waals surface area contributed by atoms with Crippen molar-refractivity contribution in [2.45, 2.75) is 231 Å². The van der Waals surface area contributed by atoms with Gasteiger partial charge in [-0.25, -0.2) is 0 Å². The molecule has 3 N–H and O–H groups in total. The number of rotatable bonds is 39. The summed E-state index contributed by atoms with van der Waals surface area (Å²) in [6.07, 6.45) is 44.4. The zero-order valence-corrected chi connectivity index (χ0v) is 33.1. The first-order valence-electron chi connectivity index (χ1n) is 21.6. The fourth-order valence-corrected chi connectivity index (χ4v) is 6.33. The van der Waals surface area contributed by atoms with Crippen molar-refractivity contribution < 1.29 is 24.5 Å². The Morgan fingerprint density at radius 2 is 0.940 bits per heavy atom. The average Bonchev–Trinajstić information content (AvgIpc) is 3.11. The van der Waals surface area contributed by atoms with Gasteiger partial charge in [0.25, 0.3) is 0 Å². The zero-order chi connectivity index (χ0) is 36.6. The second-order valence-electron chi connectivity index (χ2n) is 14.7. The van der Waals surface area contributed by atoms with E-state index in [1.165, 1.54) is 135 Å². The molecular weight excluding hydrogens is 622 g/mol. The van der Waals surface area contributed by atoms with Crippen LogP contribution in [0.5, 0.6) is 0 Å². The third kappa shape index (κ3) is 36.1. The summed E-state index contributed by atoms with van der Waals surface area (Å²) < 4.78 is 5.42. The average molecular weight is 706 g/mol. The number of hydrogen-bond donors (Lipinski definition) is 3. The second kappa shape index (κ2) is 40.1. The molecule has 0 bridgehead atoms. The van der Waals surface area contributed by atoms with Gasteiger partial charge in [0.15, 0.2) is 0 Å². The molecule has 0 spiro atoms. The largest absolute Gasteiger partial charge is 0.466 e. The SMILES string of the molecule is CCCCC/C=C\CCCCCCCC(=O)OCCCCCCCCCCCCCC(=O)NC(CO)C(O)/C=C/CCCCCCCCCC. The van der Waals surface area contributed by atoms with Crippen LogP contribution in [0.25, 0.3) is 0 Å². The van der Waals surface area contributed by atoms with Crippen molar-refractivity contribution in [1.29, 1.82) is 0 Å². The Balaban J connectivity index is 3.51. The minimum absolute atomic E-state index is 0.0268. The van der Waals surface area contributed by atoms with E-state index < -0.39 is 12.1 Å². The number of unbranched alkanes of at least 4 members (excludes halogenated alkanes) is 26. The van der Waals surface area contributed by atoms with Gasteiger partial charge in [-0.05, 0) is 57.8 Å². The highest BCUT2D eigenvalue weighted by atomic mass is 16.5. The van der Waals surface area contributed by atoms with E-state index in [-0.39, 0.29) is 18.5 Å². The molecule has 0 aliphatic rings. The number of aliphatic hydroxyl groups excluding tert-OH is 2. The van der Waals surface area contributed by atoms with E-state index in [2.05, 4.69) is 31.3 Å². The molecule has 2 unspecified atom stereocenters. The Morgan fingerprint density at radius 3 is 1.46 bits per heavy atom. The van der Waals surface area contributed by atoms with E-state index in [9.17, 15) is 19.8 Å². The van der Waals surface area contributed by atoms with Gasteiger partial charge in [-0.2, -0.15) is 0 Å². The molecule has 0 heterocycles. The van der Waals surface area contributed by atoms with E-state index in [4.69, 9.17) is 4.74 Å². The lowest BCUT2D eigenvalue weighted by atomic mass is 10.0. The van der Waals surface area contributed by atoms with Gasteiger partial charge < -0.3 is 20.3 Å². The molecule has 6 nitrogen and oxygen atoms in total. The van der Waals surface area contributed by atoms with Crippen LogP contribution in [0.2, 0.25) is 0 Å². The molecular formula is C44H83NO5. The quantitative estimate of drug-likeness (QED) is 0.0336. The Kier molecular flexibility index (Phi) is 38.8. The van der Waals surface area contributed by atoms with Crippen LogP contribution < -0.4 is 5.32 Å². The van der Waals surface area contributed by atoms with Crippen LogP contribution in [0.15, 0.2) is 24.3 Å². The molecule has 0 fully saturated rings. The fourth-order valence-electron chi connectivity index (χ4n) is 6.33. The predicted molar refractivity (Wildman–Crippen MR) is 213 cm³/mol. The molecule has 0 rings (SSSR count). The lowest BCUT2D eigenvalue weighted by Crippen LogP contribution is -2.45. The molecule has 6 heteroatoms. The number of esters is 1. The van der Waals surface area contributed by atoms with Gasteiger partial charge in [-0.3, -0.25) is 9.59 Å². The number of nitrogens with one attached hydrogen (secondary N) is 1. The Morgan fingerprint density at radius 1 is 0.540 bits per heavy atom. The molecule has 0 saturated carbocycles. The summed E-state index contributed by atoms with van der Waals surface area (Å²) in [4.78, 5) is 24.3. The highest BCUT2D eigenvalue weighted by molar-refractivity contribution is 5.76. The molecule has 0 aliphatic carbocycles. The molecule has 0 aromatic carbocycles. The van der Waals surface area contributed by atoms with Crippen LogP contribution in [0.3, 0.4) is 0 Å². The molecule has 50 heavy (non-hydrogen) atoms. The van der Waals surface area contributed by atoms with E-state index in [0.29, 0.717) is 19.4 Å². The van der Waals surface area contributed by atoms with Crippen molar-refractivity contribution in [3.05, 3.63) is 24.3 Å². The number of allylic oxidation sites excluding steroid dienone is 3. The minimum Gasteiger partial charge on any atom is -0.466 e. The maximum atomic E-state index is 12.3. The van der Waals surface area contributed by atoms with Crippen molar-refractivity contribution in [3.63, 3.8) is 0 Å². The van der Waals surface area contributed by atoms with Gasteiger partial charge in [0.1, 0.15) is 0 Å². The third-order valence-electron chi connectivity index (χ3n) is 9.72. The number of ether oxygens (including phenoxy) is 1. The van der Waals surface area contributed by atoms with Crippen LogP contribution in [0.1, 0.15) is 219 Å². The van der Waals surface area contributed by atoms with Crippen LogP contribution in [-0.2, 0) is 14.3 Å². The zero-order valence-electron chi connectivity index (χ0n) is 33.1. The van der Waals surface area contributed by atoms with Crippen molar-refractivity contribution in [2.24, 2.45) is 0 Å². The van der Waals surface area contributed by atoms with E-state index in [0.717, 1.165) is 57.8 Å². The summed E-state index contributed by atoms with van der Waals surface area (Å²) in [5.41, 5.74) is 0. The van der Waals surface area contributed by atoms with Crippen LogP contribution >= 0.6 is 0 Å². The highest BCUT2D eigenvalue weighted by Gasteiger charge is 2.18. The summed E-state index contributed by atoms with van der Waals surface area (Å²) in [5, 5.41) is 22.9. The van der Waals surface area contributed by atoms with Gasteiger partial charge in [0.2, 0.25) is 5.91 Å². The standard InChI is InChI=1S/C44H83NO5/c1-3-5-7-9-11-13-15-18-22-26-30-34-38-44(49)50-39-35-31-27-23-19-16-17-21-25-29-33-37-43(48)45-41(40-46)42(47)36-32-28-24-20-14-12-10-8-6-4-2/h11,13,32,36,41-42,46-47H,3-10,12,14-31,33-35,37-40H2,1-2H3,(H,45,48)/b13-11-,36-32+. The number of carbonyl (C=O) groups excluding carboxylic acids is 2. The third-order valence-corrected chi connectivity index (χ3v) is 9.72. The first kappa shape index (κ1) is 48.3. The van der Waals surface area contributed by atoms with Crippen LogP contribution in [0.4, 0.5) is 0 Å². The fraction of sp³-hybridized carbons (Fsp3) is 0.864. The van der Waals surface area contributed by atoms with Crippen LogP contribution in [0, 0.1) is 0 Å². The van der Waals surface area contributed by atoms with Gasteiger partial charge in [0, 0.05) is 12.8 Å². The topological polar surface area (TPSA) is 95.9 Å². The number of aliphatic hydroxyl groups is 2. The number of carbonyl (C=O) groups is 2. The Bertz CT molecular complexity index is 782. The lowest BCUT2D eigenvalue weighted by molar-refractivity contribution is -0.143. The molecule has 0 radical (unpaired) electrons. The van der Waals surface area contributed by atoms with Gasteiger partial charge in [-0.1, -0.05) is 173 Å². The second-order valence-corrected chi connectivity index (χ2v) is 14.7. The van der Waals surface area contributed by atoms with Gasteiger partial charge in [0.05, 0.1) is 25.4 Å². The number of hydrogen-bond acceptors (Lipinski definition) is 5. The smallest absolute Gasteiger partial charge is 0.305 e. The summed E-state index contributed by atoms with van der Waals surface area (Å²) in [6, 6.07) is -0.639. The summed E-state index contributed by atoms with van der Waals surface area (Å²) in [6.45, 7) is 4.79. The number of amides is 1. The highest BCUT2D eigenvalue weighted by Crippen LogP contribution is 2.14. The normalized spacial score (nSPS) is 13.0. The predicted octanol–water partition coefficient (Wildman–Crippen LogP) is 12.0. The maximum absolute atomic E-state index is 12.3. The minimum atomic E-state index is -0.854. The van der Waals surface area contributed by atoms with Crippen molar-refractivity contribution in [2.75, 3.05) is 13.2 Å². The Labute approximate surface area is 310 Å². The lowest BCUT2D eigenvalue weighted by Gasteiger charge is -2.20. The van der Waals surface area contributed by atoms with E-state index >= 15 is 0 Å². The monoisotopic (exact) mass is 706 g/mol. The molecule has 0 aromatic rings. The molecule has 0 aromatic heterocycles. The maximum Gasteiger partial charge on any atom is 0.305 e. The first-order chi connectivity index (χ1) is 24.5. The molecule has 1 amide bonds. The van der Waals surface area contributed by atoms with Crippen molar-refractivity contribution >= 4 is 11.9 Å². The molecule has 2 atom stereocenters. The first-order valence-corrected chi connectivity index (χ1v) is 21.6. The van der Waals surface area contributed by atoms with Crippen molar-refractivity contribution in [1.82, 2.24) is 5.32 Å². The van der Waals surface area contributed by atoms with E-state index in [1.54, 1.807) is 6.08 Å². The van der Waals surface area contributed by atoms with Crippen LogP contribution in [-0.4, -0.2) is 47.4 Å². The summed E-state index contributed by atoms with van der Waals surface area (Å²) in [7, 11) is 0. The molecule has 0 aliphatic heterocycles. The summed E-state index contributed by atoms with van der Waals surface area (Å²) >= 11 is 0. The van der Waals surface area contributed by atoms with Crippen molar-refractivity contribution in [3.8, 4) is 0 Å². The summed E-state index contributed by atoms with van der Waals surface area (Å²) in [5.74, 6) is -0.117. The van der Waals surface area contributed by atoms with Gasteiger partial charge in [-0.15, -0.1) is 0 Å².